The number of halogens is 4. The summed E-state index contributed by atoms with van der Waals surface area (Å²) in [4.78, 5) is 3.75. The van der Waals surface area contributed by atoms with Gasteiger partial charge in [0.15, 0.2) is 0 Å². The molecule has 0 fully saturated rings. The first kappa shape index (κ1) is 11.9. The maximum absolute atomic E-state index is 12.4. The van der Waals surface area contributed by atoms with Crippen molar-refractivity contribution in [2.75, 3.05) is 7.11 Å². The van der Waals surface area contributed by atoms with Gasteiger partial charge in [0, 0.05) is 3.57 Å². The molecule has 6 heteroatoms. The highest BCUT2D eigenvalue weighted by Crippen LogP contribution is 2.28. The third kappa shape index (κ3) is 2.44. The molecule has 1 rings (SSSR count). The Balaban J connectivity index is 3.23. The number of nitrogens with zero attached hydrogens (tertiary/aromatic N) is 1. The predicted molar refractivity (Wildman–Crippen MR) is 58.0 cm³/mol. The highest BCUT2D eigenvalue weighted by molar-refractivity contribution is 14.1. The molecule has 0 amide bonds. The maximum Gasteiger partial charge on any atom is 0.281 e. The molecule has 2 nitrogen and oxygen atoms in total. The standard InChI is InChI=1S/C8H7ClF2INO/c1-14-6-2-4(12)7(8(10)11)13-5(6)3-9/h2,8H,3H2,1H3. The van der Waals surface area contributed by atoms with Gasteiger partial charge in [-0.1, -0.05) is 0 Å². The zero-order valence-corrected chi connectivity index (χ0v) is 10.1. The van der Waals surface area contributed by atoms with Gasteiger partial charge in [0.05, 0.1) is 18.7 Å². The fourth-order valence-electron chi connectivity index (χ4n) is 0.952. The van der Waals surface area contributed by atoms with Crippen LogP contribution in [0.15, 0.2) is 6.07 Å². The van der Waals surface area contributed by atoms with Crippen molar-refractivity contribution in [1.29, 1.82) is 0 Å². The first-order valence-corrected chi connectivity index (χ1v) is 5.29. The van der Waals surface area contributed by atoms with E-state index in [2.05, 4.69) is 4.98 Å². The van der Waals surface area contributed by atoms with Crippen molar-refractivity contribution >= 4 is 34.2 Å². The Morgan fingerprint density at radius 1 is 1.64 bits per heavy atom. The minimum absolute atomic E-state index is 0.0554. The van der Waals surface area contributed by atoms with Gasteiger partial charge in [0.1, 0.15) is 11.4 Å². The largest absolute Gasteiger partial charge is 0.495 e. The van der Waals surface area contributed by atoms with E-state index in [0.29, 0.717) is 15.0 Å². The summed E-state index contributed by atoms with van der Waals surface area (Å²) < 4.78 is 30.2. The summed E-state index contributed by atoms with van der Waals surface area (Å²) in [5, 5.41) is 0. The third-order valence-electron chi connectivity index (χ3n) is 1.60. The molecule has 1 aromatic rings. The Morgan fingerprint density at radius 2 is 2.29 bits per heavy atom. The van der Waals surface area contributed by atoms with Crippen molar-refractivity contribution in [3.8, 4) is 5.75 Å². The van der Waals surface area contributed by atoms with Gasteiger partial charge in [0.25, 0.3) is 6.43 Å². The summed E-state index contributed by atoms with van der Waals surface area (Å²) in [6.07, 6.45) is -2.59. The zero-order valence-electron chi connectivity index (χ0n) is 7.23. The van der Waals surface area contributed by atoms with Crippen LogP contribution in [0.5, 0.6) is 5.75 Å². The Labute approximate surface area is 98.8 Å². The molecular weight excluding hydrogens is 326 g/mol. The van der Waals surface area contributed by atoms with Crippen LogP contribution in [0.25, 0.3) is 0 Å². The Morgan fingerprint density at radius 3 is 2.71 bits per heavy atom. The summed E-state index contributed by atoms with van der Waals surface area (Å²) in [5.41, 5.74) is 0.0898. The highest BCUT2D eigenvalue weighted by Gasteiger charge is 2.17. The molecule has 0 saturated carbocycles. The molecule has 0 aliphatic carbocycles. The van der Waals surface area contributed by atoms with Crippen molar-refractivity contribution in [3.05, 3.63) is 21.0 Å². The second-order valence-electron chi connectivity index (χ2n) is 2.44. The van der Waals surface area contributed by atoms with E-state index in [1.54, 1.807) is 22.6 Å². The highest BCUT2D eigenvalue weighted by atomic mass is 127. The fraction of sp³-hybridized carbons (Fsp3) is 0.375. The average molecular weight is 334 g/mol. The van der Waals surface area contributed by atoms with Crippen molar-refractivity contribution in [2.24, 2.45) is 0 Å². The number of hydrogen-bond acceptors (Lipinski definition) is 2. The SMILES string of the molecule is COc1cc(I)c(C(F)F)nc1CCl. The van der Waals surface area contributed by atoms with E-state index < -0.39 is 6.43 Å². The summed E-state index contributed by atoms with van der Waals surface area (Å²) in [6.45, 7) is 0. The molecule has 78 valence electrons. The monoisotopic (exact) mass is 333 g/mol. The summed E-state index contributed by atoms with van der Waals surface area (Å²) in [7, 11) is 1.45. The van der Waals surface area contributed by atoms with Crippen molar-refractivity contribution in [1.82, 2.24) is 4.98 Å². The summed E-state index contributed by atoms with van der Waals surface area (Å²) in [5.74, 6) is 0.494. The van der Waals surface area contributed by atoms with Gasteiger partial charge in [-0.05, 0) is 28.7 Å². The number of rotatable bonds is 3. The lowest BCUT2D eigenvalue weighted by atomic mass is 10.3. The molecule has 14 heavy (non-hydrogen) atoms. The zero-order chi connectivity index (χ0) is 10.7. The van der Waals surface area contributed by atoms with Crippen LogP contribution in [-0.2, 0) is 5.88 Å². The first-order valence-electron chi connectivity index (χ1n) is 3.67. The normalized spacial score (nSPS) is 10.7. The van der Waals surface area contributed by atoms with Gasteiger partial charge in [-0.3, -0.25) is 0 Å². The van der Waals surface area contributed by atoms with Gasteiger partial charge in [0.2, 0.25) is 0 Å². The van der Waals surface area contributed by atoms with E-state index in [4.69, 9.17) is 16.3 Å². The number of pyridine rings is 1. The van der Waals surface area contributed by atoms with Gasteiger partial charge in [-0.2, -0.15) is 0 Å². The molecular formula is C8H7ClF2INO. The fourth-order valence-corrected chi connectivity index (χ4v) is 1.78. The van der Waals surface area contributed by atoms with Crippen LogP contribution in [0.4, 0.5) is 8.78 Å². The van der Waals surface area contributed by atoms with Crippen LogP contribution in [0.1, 0.15) is 17.8 Å². The summed E-state index contributed by atoms with van der Waals surface area (Å²) in [6, 6.07) is 1.51. The van der Waals surface area contributed by atoms with E-state index in [1.807, 2.05) is 0 Å². The number of alkyl halides is 3. The topological polar surface area (TPSA) is 22.1 Å². The molecule has 0 atom stereocenters. The van der Waals surface area contributed by atoms with E-state index in [0.717, 1.165) is 0 Å². The number of hydrogen-bond donors (Lipinski definition) is 0. The Hall–Kier alpha value is -0.170. The van der Waals surface area contributed by atoms with Crippen molar-refractivity contribution in [3.63, 3.8) is 0 Å². The lowest BCUT2D eigenvalue weighted by molar-refractivity contribution is 0.144. The van der Waals surface area contributed by atoms with E-state index in [9.17, 15) is 8.78 Å². The van der Waals surface area contributed by atoms with Gasteiger partial charge in [-0.25, -0.2) is 13.8 Å². The molecule has 0 unspecified atom stereocenters. The van der Waals surface area contributed by atoms with Gasteiger partial charge in [-0.15, -0.1) is 11.6 Å². The third-order valence-corrected chi connectivity index (χ3v) is 2.71. The van der Waals surface area contributed by atoms with Crippen LogP contribution < -0.4 is 4.74 Å². The molecule has 0 N–H and O–H groups in total. The molecule has 0 aliphatic rings. The molecule has 1 heterocycles. The van der Waals surface area contributed by atoms with Gasteiger partial charge < -0.3 is 4.74 Å². The molecule has 0 radical (unpaired) electrons. The quantitative estimate of drug-likeness (QED) is 0.625. The van der Waals surface area contributed by atoms with Crippen molar-refractivity contribution in [2.45, 2.75) is 12.3 Å². The lowest BCUT2D eigenvalue weighted by Gasteiger charge is -2.09. The van der Waals surface area contributed by atoms with Crippen LogP contribution in [-0.4, -0.2) is 12.1 Å². The molecule has 0 bridgehead atoms. The first-order chi connectivity index (χ1) is 6.60. The average Bonchev–Trinajstić information content (AvgIpc) is 2.16. The van der Waals surface area contributed by atoms with Gasteiger partial charge >= 0.3 is 0 Å². The van der Waals surface area contributed by atoms with Crippen LogP contribution in [0.2, 0.25) is 0 Å². The maximum atomic E-state index is 12.4. The second kappa shape index (κ2) is 5.06. The van der Waals surface area contributed by atoms with E-state index in [-0.39, 0.29) is 11.6 Å². The molecule has 0 saturated heterocycles. The minimum atomic E-state index is -2.59. The van der Waals surface area contributed by atoms with Crippen LogP contribution in [0.3, 0.4) is 0 Å². The predicted octanol–water partition coefficient (Wildman–Crippen LogP) is 3.37. The second-order valence-corrected chi connectivity index (χ2v) is 3.87. The molecule has 0 aliphatic heterocycles. The van der Waals surface area contributed by atoms with Crippen LogP contribution in [0, 0.1) is 3.57 Å². The Kier molecular flexibility index (Phi) is 4.31. The van der Waals surface area contributed by atoms with Crippen LogP contribution >= 0.6 is 34.2 Å². The smallest absolute Gasteiger partial charge is 0.281 e. The minimum Gasteiger partial charge on any atom is -0.495 e. The lowest BCUT2D eigenvalue weighted by Crippen LogP contribution is -2.01. The van der Waals surface area contributed by atoms with E-state index >= 15 is 0 Å². The number of methoxy groups -OCH3 is 1. The summed E-state index contributed by atoms with van der Waals surface area (Å²) >= 11 is 7.34. The molecule has 0 spiro atoms. The van der Waals surface area contributed by atoms with Crippen molar-refractivity contribution < 1.29 is 13.5 Å². The molecule has 0 aromatic carbocycles. The Bertz CT molecular complexity index is 335. The number of aromatic nitrogens is 1. The van der Waals surface area contributed by atoms with E-state index in [1.165, 1.54) is 13.2 Å². The molecule has 1 aromatic heterocycles. The number of ether oxygens (including phenoxy) is 1.